The molecular weight excluding hydrogens is 356 g/mol. The Bertz CT molecular complexity index is 920. The van der Waals surface area contributed by atoms with Crippen LogP contribution in [0.4, 0.5) is 5.95 Å². The summed E-state index contributed by atoms with van der Waals surface area (Å²) in [7, 11) is 0. The van der Waals surface area contributed by atoms with Crippen molar-refractivity contribution in [1.82, 2.24) is 25.0 Å². The van der Waals surface area contributed by atoms with Gasteiger partial charge in [0.15, 0.2) is 23.5 Å². The van der Waals surface area contributed by atoms with E-state index in [-0.39, 0.29) is 35.0 Å². The molecule has 0 unspecified atom stereocenters. The molecule has 1 aliphatic heterocycles. The van der Waals surface area contributed by atoms with E-state index >= 15 is 0 Å². The van der Waals surface area contributed by atoms with Gasteiger partial charge in [0.25, 0.3) is 5.56 Å². The summed E-state index contributed by atoms with van der Waals surface area (Å²) in [5.41, 5.74) is -0.404. The van der Waals surface area contributed by atoms with Crippen LogP contribution >= 0.6 is 0 Å². The molecule has 1 fully saturated rings. The average molecular weight is 378 g/mol. The number of carbonyl (C=O) groups excluding carboxylic acids is 2. The molecule has 2 aromatic heterocycles. The first-order valence-corrected chi connectivity index (χ1v) is 8.78. The first-order chi connectivity index (χ1) is 12.8. The second kappa shape index (κ2) is 7.43. The zero-order valence-corrected chi connectivity index (χ0v) is 15.6. The summed E-state index contributed by atoms with van der Waals surface area (Å²) < 4.78 is 12.6. The third-order valence-corrected chi connectivity index (χ3v) is 4.26. The molecule has 3 heterocycles. The summed E-state index contributed by atoms with van der Waals surface area (Å²) in [5.74, 6) is -1.03. The average Bonchev–Trinajstić information content (AvgIpc) is 3.18. The molecule has 11 heteroatoms. The van der Waals surface area contributed by atoms with E-state index in [1.165, 1.54) is 11.6 Å². The highest BCUT2D eigenvalue weighted by atomic mass is 16.6. The molecule has 3 rings (SSSR count). The molecule has 2 aromatic rings. The number of fused-ring (bicyclic) bond motifs is 1. The van der Waals surface area contributed by atoms with Crippen molar-refractivity contribution in [1.29, 1.82) is 0 Å². The summed E-state index contributed by atoms with van der Waals surface area (Å²) in [4.78, 5) is 42.3. The smallest absolute Gasteiger partial charge is 0.303 e. The topological polar surface area (TPSA) is 141 Å². The van der Waals surface area contributed by atoms with Crippen molar-refractivity contribution in [2.75, 3.05) is 5.32 Å². The van der Waals surface area contributed by atoms with Gasteiger partial charge in [-0.3, -0.25) is 24.7 Å². The predicted molar refractivity (Wildman–Crippen MR) is 93.8 cm³/mol. The zero-order valence-electron chi connectivity index (χ0n) is 15.6. The highest BCUT2D eigenvalue weighted by Crippen LogP contribution is 2.33. The van der Waals surface area contributed by atoms with E-state index in [4.69, 9.17) is 9.47 Å². The van der Waals surface area contributed by atoms with E-state index in [1.54, 1.807) is 13.8 Å². The standard InChI is InChI=1S/C16H22N6O5/c1-5-9-6-10(26-8(4)23)15(27-9)22-12-11(20-21-22)14(25)19-16(17-12)18-13(24)7(2)3/h7,9-10,15H,5-6H2,1-4H3,(H2,17,18,19,24,25)/t9-,10-,15-/m1/s1. The molecule has 1 aliphatic rings. The number of hydrogen-bond acceptors (Lipinski definition) is 8. The molecule has 27 heavy (non-hydrogen) atoms. The lowest BCUT2D eigenvalue weighted by molar-refractivity contribution is -0.152. The van der Waals surface area contributed by atoms with Crippen LogP contribution < -0.4 is 10.9 Å². The fourth-order valence-electron chi connectivity index (χ4n) is 2.85. The minimum Gasteiger partial charge on any atom is -0.458 e. The maximum Gasteiger partial charge on any atom is 0.303 e. The summed E-state index contributed by atoms with van der Waals surface area (Å²) in [6.45, 7) is 6.72. The quantitative estimate of drug-likeness (QED) is 0.726. The first kappa shape index (κ1) is 19.0. The van der Waals surface area contributed by atoms with Crippen LogP contribution in [0.1, 0.15) is 46.8 Å². The van der Waals surface area contributed by atoms with Crippen LogP contribution in [0.2, 0.25) is 0 Å². The summed E-state index contributed by atoms with van der Waals surface area (Å²) in [6, 6.07) is 0. The van der Waals surface area contributed by atoms with Crippen molar-refractivity contribution >= 4 is 29.0 Å². The maximum atomic E-state index is 12.3. The predicted octanol–water partition coefficient (Wildman–Crippen LogP) is 0.738. The Morgan fingerprint density at radius 1 is 1.44 bits per heavy atom. The minimum absolute atomic E-state index is 0.00247. The lowest BCUT2D eigenvalue weighted by Crippen LogP contribution is -2.26. The van der Waals surface area contributed by atoms with E-state index in [0.29, 0.717) is 6.42 Å². The largest absolute Gasteiger partial charge is 0.458 e. The van der Waals surface area contributed by atoms with E-state index in [1.807, 2.05) is 6.92 Å². The number of ether oxygens (including phenoxy) is 2. The Labute approximate surface area is 154 Å². The van der Waals surface area contributed by atoms with Gasteiger partial charge in [0, 0.05) is 19.3 Å². The van der Waals surface area contributed by atoms with E-state index in [2.05, 4.69) is 25.6 Å². The van der Waals surface area contributed by atoms with Crippen molar-refractivity contribution in [2.24, 2.45) is 5.92 Å². The van der Waals surface area contributed by atoms with Crippen LogP contribution in [0.3, 0.4) is 0 Å². The van der Waals surface area contributed by atoms with Gasteiger partial charge >= 0.3 is 5.97 Å². The number of esters is 1. The van der Waals surface area contributed by atoms with Gasteiger partial charge in [0.05, 0.1) is 6.10 Å². The van der Waals surface area contributed by atoms with E-state index in [9.17, 15) is 14.4 Å². The molecular formula is C16H22N6O5. The zero-order chi connectivity index (χ0) is 19.7. The van der Waals surface area contributed by atoms with Crippen molar-refractivity contribution in [3.8, 4) is 0 Å². The summed E-state index contributed by atoms with van der Waals surface area (Å²) in [5, 5.41) is 10.4. The van der Waals surface area contributed by atoms with Crippen LogP contribution in [0.5, 0.6) is 0 Å². The number of H-pyrrole nitrogens is 1. The van der Waals surface area contributed by atoms with Gasteiger partial charge < -0.3 is 9.47 Å². The molecule has 0 aromatic carbocycles. The molecule has 3 atom stereocenters. The van der Waals surface area contributed by atoms with Crippen molar-refractivity contribution in [2.45, 2.75) is 59.0 Å². The number of nitrogens with one attached hydrogen (secondary N) is 2. The number of carbonyl (C=O) groups is 2. The Kier molecular flexibility index (Phi) is 5.22. The SMILES string of the molecule is CC[C@@H]1C[C@@H](OC(C)=O)[C@H](n2nnc3c(=O)[nH]c(NC(=O)C(C)C)nc32)O1. The highest BCUT2D eigenvalue weighted by Gasteiger charge is 2.40. The number of hydrogen-bond donors (Lipinski definition) is 2. The van der Waals surface area contributed by atoms with E-state index < -0.39 is 23.9 Å². The summed E-state index contributed by atoms with van der Waals surface area (Å²) >= 11 is 0. The lowest BCUT2D eigenvalue weighted by Gasteiger charge is -2.18. The molecule has 0 saturated carbocycles. The summed E-state index contributed by atoms with van der Waals surface area (Å²) in [6.07, 6.45) is -0.230. The Morgan fingerprint density at radius 3 is 2.81 bits per heavy atom. The highest BCUT2D eigenvalue weighted by molar-refractivity contribution is 5.90. The number of aromatic amines is 1. The monoisotopic (exact) mass is 378 g/mol. The molecule has 1 saturated heterocycles. The molecule has 0 spiro atoms. The molecule has 0 bridgehead atoms. The molecule has 0 aliphatic carbocycles. The van der Waals surface area contributed by atoms with Gasteiger partial charge in [-0.25, -0.2) is 0 Å². The first-order valence-electron chi connectivity index (χ1n) is 8.78. The Hall–Kier alpha value is -2.82. The van der Waals surface area contributed by atoms with Crippen LogP contribution in [-0.2, 0) is 19.1 Å². The molecule has 1 amide bonds. The maximum absolute atomic E-state index is 12.3. The molecule has 146 valence electrons. The second-order valence-corrected chi connectivity index (χ2v) is 6.71. The molecule has 11 nitrogen and oxygen atoms in total. The number of nitrogens with zero attached hydrogens (tertiary/aromatic N) is 4. The number of aromatic nitrogens is 5. The van der Waals surface area contributed by atoms with Gasteiger partial charge in [0.2, 0.25) is 11.9 Å². The lowest BCUT2D eigenvalue weighted by atomic mass is 10.1. The third-order valence-electron chi connectivity index (χ3n) is 4.26. The number of anilines is 1. The van der Waals surface area contributed by atoms with Crippen LogP contribution in [-0.4, -0.2) is 49.0 Å². The third kappa shape index (κ3) is 3.82. The second-order valence-electron chi connectivity index (χ2n) is 6.71. The van der Waals surface area contributed by atoms with Gasteiger partial charge in [-0.05, 0) is 6.42 Å². The van der Waals surface area contributed by atoms with Crippen molar-refractivity contribution in [3.63, 3.8) is 0 Å². The number of amides is 1. The fourth-order valence-corrected chi connectivity index (χ4v) is 2.85. The Balaban J connectivity index is 2.01. The van der Waals surface area contributed by atoms with E-state index in [0.717, 1.165) is 6.42 Å². The molecule has 0 radical (unpaired) electrons. The Morgan fingerprint density at radius 2 is 2.19 bits per heavy atom. The normalized spacial score (nSPS) is 22.3. The fraction of sp³-hybridized carbons (Fsp3) is 0.625. The number of rotatable bonds is 5. The van der Waals surface area contributed by atoms with Crippen LogP contribution in [0.15, 0.2) is 4.79 Å². The van der Waals surface area contributed by atoms with Crippen molar-refractivity contribution in [3.05, 3.63) is 10.4 Å². The van der Waals surface area contributed by atoms with Crippen molar-refractivity contribution < 1.29 is 19.1 Å². The molecule has 2 N–H and O–H groups in total. The van der Waals surface area contributed by atoms with Crippen LogP contribution in [0, 0.1) is 5.92 Å². The van der Waals surface area contributed by atoms with Gasteiger partial charge in [0.1, 0.15) is 0 Å². The van der Waals surface area contributed by atoms with Gasteiger partial charge in [-0.1, -0.05) is 26.0 Å². The van der Waals surface area contributed by atoms with Gasteiger partial charge in [-0.2, -0.15) is 9.67 Å². The van der Waals surface area contributed by atoms with Gasteiger partial charge in [-0.15, -0.1) is 5.10 Å². The van der Waals surface area contributed by atoms with Crippen LogP contribution in [0.25, 0.3) is 11.2 Å². The minimum atomic E-state index is -0.758.